The molecule has 2 unspecified atom stereocenters. The summed E-state index contributed by atoms with van der Waals surface area (Å²) in [5.41, 5.74) is 10.1. The van der Waals surface area contributed by atoms with Crippen LogP contribution in [0.3, 0.4) is 0 Å². The zero-order valence-corrected chi connectivity index (χ0v) is 19.3. The van der Waals surface area contributed by atoms with Crippen LogP contribution in [-0.4, -0.2) is 58.8 Å². The summed E-state index contributed by atoms with van der Waals surface area (Å²) in [6.45, 7) is 3.02. The number of allylic oxidation sites excluding steroid dienone is 2. The van der Waals surface area contributed by atoms with Crippen molar-refractivity contribution in [1.29, 1.82) is 0 Å². The van der Waals surface area contributed by atoms with Crippen LogP contribution in [-0.2, 0) is 20.7 Å². The van der Waals surface area contributed by atoms with Gasteiger partial charge in [-0.1, -0.05) is 21.8 Å². The Labute approximate surface area is 198 Å². The molecule has 0 saturated carbocycles. The van der Waals surface area contributed by atoms with Crippen molar-refractivity contribution in [3.8, 4) is 11.5 Å². The molecule has 1 aromatic heterocycles. The molecule has 1 aromatic carbocycles. The van der Waals surface area contributed by atoms with E-state index in [4.69, 9.17) is 26.3 Å². The summed E-state index contributed by atoms with van der Waals surface area (Å²) < 4.78 is 23.5. The third kappa shape index (κ3) is 7.24. The van der Waals surface area contributed by atoms with Crippen molar-refractivity contribution in [1.82, 2.24) is 20.8 Å². The first-order valence-corrected chi connectivity index (χ1v) is 11.7. The maximum absolute atomic E-state index is 12.7. The molecule has 1 aliphatic rings. The molecule has 1 aliphatic heterocycles. The van der Waals surface area contributed by atoms with Crippen molar-refractivity contribution in [2.24, 2.45) is 5.11 Å². The number of nitrogens with one attached hydrogen (secondary N) is 2. The average Bonchev–Trinajstić information content (AvgIpc) is 3.29. The lowest BCUT2D eigenvalue weighted by Gasteiger charge is -2.23. The van der Waals surface area contributed by atoms with Gasteiger partial charge in [0, 0.05) is 34.2 Å². The molecule has 0 fully saturated rings. The molecule has 1 amide bonds. The van der Waals surface area contributed by atoms with Crippen LogP contribution in [0.15, 0.2) is 62.4 Å². The highest BCUT2D eigenvalue weighted by Crippen LogP contribution is 2.23. The lowest BCUT2D eigenvalue weighted by molar-refractivity contribution is -0.118. The molecular formula is C20H22ClN7O4S. The second-order valence-corrected chi connectivity index (χ2v) is 8.64. The van der Waals surface area contributed by atoms with E-state index in [0.717, 1.165) is 0 Å². The zero-order valence-electron chi connectivity index (χ0n) is 17.7. The lowest BCUT2D eigenvalue weighted by Crippen LogP contribution is -2.40. The Morgan fingerprint density at radius 1 is 1.36 bits per heavy atom. The minimum atomic E-state index is -1.56. The van der Waals surface area contributed by atoms with Crippen LogP contribution in [0.4, 0.5) is 0 Å². The predicted molar refractivity (Wildman–Crippen MR) is 123 cm³/mol. The molecule has 3 rings (SSSR count). The number of dihydropyridines is 1. The maximum atomic E-state index is 12.7. The van der Waals surface area contributed by atoms with E-state index in [-0.39, 0.29) is 35.4 Å². The number of benzene rings is 1. The summed E-state index contributed by atoms with van der Waals surface area (Å²) in [5, 5.41) is 17.7. The van der Waals surface area contributed by atoms with E-state index in [1.54, 1.807) is 36.4 Å². The fourth-order valence-electron chi connectivity index (χ4n) is 2.91. The quantitative estimate of drug-likeness (QED) is 0.160. The van der Waals surface area contributed by atoms with Crippen molar-refractivity contribution in [2.75, 3.05) is 32.1 Å². The fraction of sp³-hybridized carbons (Fsp3) is 0.350. The number of rotatable bonds is 11. The number of aromatic nitrogens is 2. The highest BCUT2D eigenvalue weighted by Gasteiger charge is 2.26. The van der Waals surface area contributed by atoms with Gasteiger partial charge in [-0.3, -0.25) is 4.79 Å². The van der Waals surface area contributed by atoms with Gasteiger partial charge in [0.05, 0.1) is 36.1 Å². The van der Waals surface area contributed by atoms with Gasteiger partial charge in [-0.25, -0.2) is 0 Å². The van der Waals surface area contributed by atoms with E-state index in [1.165, 1.54) is 0 Å². The van der Waals surface area contributed by atoms with Gasteiger partial charge in [0.1, 0.15) is 0 Å². The van der Waals surface area contributed by atoms with Gasteiger partial charge in [0.15, 0.2) is 5.75 Å². The van der Waals surface area contributed by atoms with Gasteiger partial charge < -0.3 is 24.3 Å². The van der Waals surface area contributed by atoms with Crippen molar-refractivity contribution < 1.29 is 18.5 Å². The Morgan fingerprint density at radius 3 is 2.88 bits per heavy atom. The van der Waals surface area contributed by atoms with E-state index in [0.29, 0.717) is 41.6 Å². The number of nitrogens with zero attached hydrogens (tertiary/aromatic N) is 5. The molecule has 2 aromatic rings. The van der Waals surface area contributed by atoms with E-state index >= 15 is 0 Å². The largest absolute Gasteiger partial charge is 0.607 e. The SMILES string of the molecule is CC1NC(C[S+]([O-])c2nnc(-c3ccc(Cl)cc3)o2)=CC=C1C(=O)NCCOCCN=[N+]=[N-]. The zero-order chi connectivity index (χ0) is 23.6. The summed E-state index contributed by atoms with van der Waals surface area (Å²) in [4.78, 5) is 15.0. The van der Waals surface area contributed by atoms with Crippen molar-refractivity contribution in [2.45, 2.75) is 18.2 Å². The minimum Gasteiger partial charge on any atom is -0.607 e. The number of hydrogen-bond donors (Lipinski definition) is 2. The first-order valence-electron chi connectivity index (χ1n) is 10.00. The van der Waals surface area contributed by atoms with Gasteiger partial charge in [-0.05, 0) is 48.9 Å². The summed E-state index contributed by atoms with van der Waals surface area (Å²) in [7, 11) is 0. The van der Waals surface area contributed by atoms with Gasteiger partial charge in [0.25, 0.3) is 5.89 Å². The molecule has 2 atom stereocenters. The van der Waals surface area contributed by atoms with E-state index in [2.05, 4.69) is 30.9 Å². The fourth-order valence-corrected chi connectivity index (χ4v) is 3.92. The normalized spacial score (nSPS) is 16.2. The molecule has 0 bridgehead atoms. The first-order chi connectivity index (χ1) is 16.0. The molecule has 0 spiro atoms. The number of ether oxygens (including phenoxy) is 1. The molecule has 0 aliphatic carbocycles. The van der Waals surface area contributed by atoms with Crippen LogP contribution in [0.1, 0.15) is 6.92 Å². The smallest absolute Gasteiger partial charge is 0.436 e. The second kappa shape index (κ2) is 12.3. The Hall–Kier alpha value is -3.02. The van der Waals surface area contributed by atoms with Gasteiger partial charge in [-0.2, -0.15) is 0 Å². The average molecular weight is 492 g/mol. The molecule has 11 nitrogen and oxygen atoms in total. The summed E-state index contributed by atoms with van der Waals surface area (Å²) in [6.07, 6.45) is 3.40. The molecule has 2 heterocycles. The van der Waals surface area contributed by atoms with Crippen LogP contribution in [0.25, 0.3) is 21.9 Å². The third-order valence-electron chi connectivity index (χ3n) is 4.50. The van der Waals surface area contributed by atoms with Crippen LogP contribution in [0, 0.1) is 0 Å². The summed E-state index contributed by atoms with van der Waals surface area (Å²) in [5.74, 6) is 0.168. The van der Waals surface area contributed by atoms with Crippen LogP contribution >= 0.6 is 11.6 Å². The molecule has 33 heavy (non-hydrogen) atoms. The topological polar surface area (TPSA) is 161 Å². The monoisotopic (exact) mass is 491 g/mol. The van der Waals surface area contributed by atoms with Gasteiger partial charge in [0.2, 0.25) is 5.91 Å². The Kier molecular flexibility index (Phi) is 9.16. The van der Waals surface area contributed by atoms with Crippen molar-refractivity contribution in [3.63, 3.8) is 0 Å². The van der Waals surface area contributed by atoms with E-state index in [1.807, 2.05) is 6.92 Å². The van der Waals surface area contributed by atoms with E-state index in [9.17, 15) is 9.35 Å². The number of hydrogen-bond acceptors (Lipinski definition) is 8. The number of carbonyl (C=O) groups excluding carboxylic acids is 1. The molecule has 2 N–H and O–H groups in total. The number of halogens is 1. The Morgan fingerprint density at radius 2 is 2.15 bits per heavy atom. The lowest BCUT2D eigenvalue weighted by atomic mass is 10.0. The highest BCUT2D eigenvalue weighted by atomic mass is 35.5. The molecule has 174 valence electrons. The van der Waals surface area contributed by atoms with Gasteiger partial charge in [-0.15, -0.1) is 5.10 Å². The summed E-state index contributed by atoms with van der Waals surface area (Å²) in [6, 6.07) is 6.61. The second-order valence-electron chi connectivity index (χ2n) is 6.87. The molecular weight excluding hydrogens is 470 g/mol. The van der Waals surface area contributed by atoms with Gasteiger partial charge >= 0.3 is 5.22 Å². The summed E-state index contributed by atoms with van der Waals surface area (Å²) >= 11 is 4.32. The van der Waals surface area contributed by atoms with Crippen LogP contribution < -0.4 is 10.6 Å². The van der Waals surface area contributed by atoms with Crippen molar-refractivity contribution >= 4 is 28.7 Å². The predicted octanol–water partition coefficient (Wildman–Crippen LogP) is 2.74. The Balaban J connectivity index is 1.51. The molecule has 0 saturated heterocycles. The standard InChI is InChI=1S/C20H22ClN7O4S/c1-13-17(18(29)23-8-10-31-11-9-24-28-22)7-6-16(25-13)12-33(30)20-27-26-19(32-20)14-2-4-15(21)5-3-14/h2-7,13,25H,8-12H2,1H3,(H,23,29). The number of carbonyl (C=O) groups is 1. The maximum Gasteiger partial charge on any atom is 0.436 e. The highest BCUT2D eigenvalue weighted by molar-refractivity contribution is 7.91. The number of azide groups is 1. The Bertz CT molecular complexity index is 1070. The van der Waals surface area contributed by atoms with Crippen LogP contribution in [0.2, 0.25) is 5.02 Å². The molecule has 0 radical (unpaired) electrons. The van der Waals surface area contributed by atoms with E-state index < -0.39 is 11.2 Å². The number of amides is 1. The van der Waals surface area contributed by atoms with Crippen LogP contribution in [0.5, 0.6) is 0 Å². The molecule has 13 heteroatoms. The van der Waals surface area contributed by atoms with Crippen molar-refractivity contribution in [3.05, 3.63) is 63.2 Å². The third-order valence-corrected chi connectivity index (χ3v) is 5.88. The first kappa shape index (κ1) is 24.6. The minimum absolute atomic E-state index is 0.0169.